The molecule has 0 aliphatic heterocycles. The zero-order valence-electron chi connectivity index (χ0n) is 16.1. The van der Waals surface area contributed by atoms with Crippen molar-refractivity contribution >= 4 is 0 Å². The van der Waals surface area contributed by atoms with Crippen LogP contribution in [0.5, 0.6) is 0 Å². The molecule has 4 rings (SSSR count). The lowest BCUT2D eigenvalue weighted by atomic mass is 9.44. The van der Waals surface area contributed by atoms with Gasteiger partial charge < -0.3 is 5.11 Å². The normalized spacial score (nSPS) is 51.6. The molecule has 0 heterocycles. The SMILES string of the molecule is CC.CC1=CCC2C3CC(O)C4CCCCC4(C)C3CCC12C. The summed E-state index contributed by atoms with van der Waals surface area (Å²) < 4.78 is 0. The first-order chi connectivity index (χ1) is 11.0. The Morgan fingerprint density at radius 3 is 2.48 bits per heavy atom. The molecular formula is C22H38O. The average Bonchev–Trinajstić information content (AvgIpc) is 2.85. The highest BCUT2D eigenvalue weighted by atomic mass is 16.3. The molecule has 3 saturated carbocycles. The molecule has 4 aliphatic carbocycles. The van der Waals surface area contributed by atoms with Gasteiger partial charge in [-0.3, -0.25) is 0 Å². The fourth-order valence-corrected chi connectivity index (χ4v) is 7.14. The van der Waals surface area contributed by atoms with Gasteiger partial charge >= 0.3 is 0 Å². The van der Waals surface area contributed by atoms with Gasteiger partial charge in [-0.1, -0.05) is 52.2 Å². The lowest BCUT2D eigenvalue weighted by Gasteiger charge is -2.61. The summed E-state index contributed by atoms with van der Waals surface area (Å²) in [5.74, 6) is 3.05. The first-order valence-electron chi connectivity index (χ1n) is 10.3. The van der Waals surface area contributed by atoms with E-state index >= 15 is 0 Å². The second-order valence-corrected chi connectivity index (χ2v) is 9.12. The Bertz CT molecular complexity index is 467. The lowest BCUT2D eigenvalue weighted by Crippen LogP contribution is -2.56. The van der Waals surface area contributed by atoms with Crippen LogP contribution in [0.25, 0.3) is 0 Å². The maximum atomic E-state index is 10.9. The van der Waals surface area contributed by atoms with Crippen LogP contribution in [0, 0.1) is 34.5 Å². The van der Waals surface area contributed by atoms with Crippen molar-refractivity contribution in [1.29, 1.82) is 0 Å². The second kappa shape index (κ2) is 6.21. The molecule has 0 amide bonds. The highest BCUT2D eigenvalue weighted by molar-refractivity contribution is 5.24. The van der Waals surface area contributed by atoms with E-state index < -0.39 is 0 Å². The summed E-state index contributed by atoms with van der Waals surface area (Å²) in [7, 11) is 0. The molecular weight excluding hydrogens is 280 g/mol. The van der Waals surface area contributed by atoms with E-state index in [0.717, 1.165) is 24.2 Å². The smallest absolute Gasteiger partial charge is 0.0576 e. The highest BCUT2D eigenvalue weighted by Crippen LogP contribution is 2.66. The van der Waals surface area contributed by atoms with Gasteiger partial charge in [-0.05, 0) is 80.0 Å². The number of hydrogen-bond donors (Lipinski definition) is 1. The van der Waals surface area contributed by atoms with Crippen molar-refractivity contribution in [3.05, 3.63) is 11.6 Å². The van der Waals surface area contributed by atoms with Crippen LogP contribution in [-0.4, -0.2) is 11.2 Å². The summed E-state index contributed by atoms with van der Waals surface area (Å²) >= 11 is 0. The van der Waals surface area contributed by atoms with Gasteiger partial charge in [0.2, 0.25) is 0 Å². The van der Waals surface area contributed by atoms with Crippen LogP contribution in [0.3, 0.4) is 0 Å². The van der Waals surface area contributed by atoms with Crippen molar-refractivity contribution in [2.24, 2.45) is 34.5 Å². The van der Waals surface area contributed by atoms with E-state index in [1.165, 1.54) is 44.9 Å². The number of fused-ring (bicyclic) bond motifs is 5. The van der Waals surface area contributed by atoms with Gasteiger partial charge in [-0.2, -0.15) is 0 Å². The summed E-state index contributed by atoms with van der Waals surface area (Å²) in [6.07, 6.45) is 13.0. The van der Waals surface area contributed by atoms with Crippen LogP contribution in [-0.2, 0) is 0 Å². The number of aliphatic hydroxyl groups is 1. The van der Waals surface area contributed by atoms with Gasteiger partial charge in [0.1, 0.15) is 0 Å². The minimum Gasteiger partial charge on any atom is -0.393 e. The molecule has 3 fully saturated rings. The molecule has 7 atom stereocenters. The first kappa shape index (κ1) is 17.5. The fourth-order valence-electron chi connectivity index (χ4n) is 7.14. The third-order valence-electron chi connectivity index (χ3n) is 8.56. The quantitative estimate of drug-likeness (QED) is 0.545. The second-order valence-electron chi connectivity index (χ2n) is 9.12. The minimum absolute atomic E-state index is 0.0280. The maximum Gasteiger partial charge on any atom is 0.0576 e. The third kappa shape index (κ3) is 2.44. The topological polar surface area (TPSA) is 20.2 Å². The molecule has 4 aliphatic rings. The summed E-state index contributed by atoms with van der Waals surface area (Å²) in [5.41, 5.74) is 2.51. The van der Waals surface area contributed by atoms with E-state index in [-0.39, 0.29) is 6.10 Å². The van der Waals surface area contributed by atoms with Gasteiger partial charge in [0.25, 0.3) is 0 Å². The molecule has 0 bridgehead atoms. The van der Waals surface area contributed by atoms with Crippen LogP contribution < -0.4 is 0 Å². The van der Waals surface area contributed by atoms with Gasteiger partial charge in [-0.15, -0.1) is 0 Å². The third-order valence-corrected chi connectivity index (χ3v) is 8.56. The van der Waals surface area contributed by atoms with Gasteiger partial charge in [0.05, 0.1) is 6.10 Å². The predicted molar refractivity (Wildman–Crippen MR) is 98.2 cm³/mol. The monoisotopic (exact) mass is 318 g/mol. The van der Waals surface area contributed by atoms with Crippen LogP contribution in [0.1, 0.15) is 86.0 Å². The molecule has 0 radical (unpaired) electrons. The first-order valence-corrected chi connectivity index (χ1v) is 10.3. The average molecular weight is 319 g/mol. The van der Waals surface area contributed by atoms with Crippen molar-refractivity contribution in [3.8, 4) is 0 Å². The zero-order chi connectivity index (χ0) is 16.8. The van der Waals surface area contributed by atoms with Crippen LogP contribution in [0.2, 0.25) is 0 Å². The Morgan fingerprint density at radius 2 is 1.74 bits per heavy atom. The zero-order valence-corrected chi connectivity index (χ0v) is 16.1. The summed E-state index contributed by atoms with van der Waals surface area (Å²) in [6.45, 7) is 11.4. The molecule has 23 heavy (non-hydrogen) atoms. The van der Waals surface area contributed by atoms with E-state index in [9.17, 15) is 5.11 Å². The maximum absolute atomic E-state index is 10.9. The van der Waals surface area contributed by atoms with E-state index in [1.807, 2.05) is 13.8 Å². The summed E-state index contributed by atoms with van der Waals surface area (Å²) in [4.78, 5) is 0. The van der Waals surface area contributed by atoms with Crippen molar-refractivity contribution < 1.29 is 5.11 Å². The summed E-state index contributed by atoms with van der Waals surface area (Å²) in [6, 6.07) is 0. The Balaban J connectivity index is 0.000000753. The van der Waals surface area contributed by atoms with Crippen LogP contribution >= 0.6 is 0 Å². The fraction of sp³-hybridized carbons (Fsp3) is 0.909. The van der Waals surface area contributed by atoms with Gasteiger partial charge in [0.15, 0.2) is 0 Å². The number of rotatable bonds is 0. The Hall–Kier alpha value is -0.300. The molecule has 0 aromatic carbocycles. The van der Waals surface area contributed by atoms with Crippen molar-refractivity contribution in [1.82, 2.24) is 0 Å². The molecule has 1 nitrogen and oxygen atoms in total. The van der Waals surface area contributed by atoms with Gasteiger partial charge in [0, 0.05) is 0 Å². The standard InChI is InChI=1S/C20H32O.C2H6/c1-13-7-8-15-14-12-18(21)17-6-4-5-10-20(17,3)16(14)9-11-19(13,15)2;1-2/h7,14-18,21H,4-6,8-12H2,1-3H3;1-2H3. The largest absolute Gasteiger partial charge is 0.393 e. The molecule has 132 valence electrons. The molecule has 0 saturated heterocycles. The van der Waals surface area contributed by atoms with E-state index in [4.69, 9.17) is 0 Å². The Morgan fingerprint density at radius 1 is 1.00 bits per heavy atom. The molecule has 0 spiro atoms. The molecule has 1 N–H and O–H groups in total. The lowest BCUT2D eigenvalue weighted by molar-refractivity contribution is -0.150. The molecule has 1 heteroatoms. The van der Waals surface area contributed by atoms with E-state index in [1.54, 1.807) is 5.57 Å². The van der Waals surface area contributed by atoms with Gasteiger partial charge in [-0.25, -0.2) is 0 Å². The molecule has 0 aromatic rings. The van der Waals surface area contributed by atoms with Crippen LogP contribution in [0.15, 0.2) is 11.6 Å². The number of aliphatic hydroxyl groups excluding tert-OH is 1. The Labute approximate surface area is 143 Å². The minimum atomic E-state index is -0.0280. The Kier molecular flexibility index (Phi) is 4.73. The van der Waals surface area contributed by atoms with Crippen molar-refractivity contribution in [2.75, 3.05) is 0 Å². The number of hydrogen-bond acceptors (Lipinski definition) is 1. The van der Waals surface area contributed by atoms with E-state index in [0.29, 0.717) is 16.7 Å². The van der Waals surface area contributed by atoms with E-state index in [2.05, 4.69) is 26.8 Å². The van der Waals surface area contributed by atoms with Crippen molar-refractivity contribution in [3.63, 3.8) is 0 Å². The number of allylic oxidation sites excluding steroid dienone is 2. The van der Waals surface area contributed by atoms with Crippen molar-refractivity contribution in [2.45, 2.75) is 92.1 Å². The predicted octanol–water partition coefficient (Wildman–Crippen LogP) is 5.97. The molecule has 7 unspecified atom stereocenters. The van der Waals surface area contributed by atoms with Crippen LogP contribution in [0.4, 0.5) is 0 Å². The summed E-state index contributed by atoms with van der Waals surface area (Å²) in [5, 5.41) is 10.9. The highest BCUT2D eigenvalue weighted by Gasteiger charge is 2.59. The molecule has 0 aromatic heterocycles.